The monoisotopic (exact) mass is 244 g/mol. The van der Waals surface area contributed by atoms with Crippen molar-refractivity contribution in [3.63, 3.8) is 0 Å². The van der Waals surface area contributed by atoms with Gasteiger partial charge in [-0.3, -0.25) is 4.79 Å². The molecule has 0 heterocycles. The molecule has 0 bridgehead atoms. The summed E-state index contributed by atoms with van der Waals surface area (Å²) in [7, 11) is 1.95. The van der Waals surface area contributed by atoms with Gasteiger partial charge in [0.2, 0.25) is 5.91 Å². The fraction of sp³-hybridized carbons (Fsp3) is 0.917. The van der Waals surface area contributed by atoms with Gasteiger partial charge < -0.3 is 10.6 Å². The lowest BCUT2D eigenvalue weighted by Gasteiger charge is -2.31. The largest absolute Gasteiger partial charge is 0.342 e. The van der Waals surface area contributed by atoms with Gasteiger partial charge in [0, 0.05) is 24.9 Å². The molecule has 1 rings (SSSR count). The zero-order valence-corrected chi connectivity index (χ0v) is 11.3. The summed E-state index contributed by atoms with van der Waals surface area (Å²) in [5, 5.41) is 0.378. The first-order valence-electron chi connectivity index (χ1n) is 6.22. The first kappa shape index (κ1) is 13.8. The lowest BCUT2D eigenvalue weighted by atomic mass is 9.94. The molecule has 94 valence electrons. The van der Waals surface area contributed by atoms with Crippen molar-refractivity contribution in [2.24, 2.45) is 5.73 Å². The van der Waals surface area contributed by atoms with Crippen LogP contribution in [0.4, 0.5) is 0 Å². The van der Waals surface area contributed by atoms with E-state index in [0.717, 1.165) is 0 Å². The fourth-order valence-electron chi connectivity index (χ4n) is 2.06. The minimum absolute atomic E-state index is 0.261. The number of thioether (sulfide) groups is 1. The van der Waals surface area contributed by atoms with Gasteiger partial charge in [-0.1, -0.05) is 26.2 Å². The first-order valence-corrected chi connectivity index (χ1v) is 7.27. The van der Waals surface area contributed by atoms with Crippen molar-refractivity contribution >= 4 is 17.7 Å². The van der Waals surface area contributed by atoms with Gasteiger partial charge in [-0.2, -0.15) is 0 Å². The van der Waals surface area contributed by atoms with Gasteiger partial charge in [-0.05, 0) is 12.8 Å². The van der Waals surface area contributed by atoms with Crippen molar-refractivity contribution in [1.29, 1.82) is 0 Å². The summed E-state index contributed by atoms with van der Waals surface area (Å²) in [6, 6.07) is 0.482. The molecule has 1 amide bonds. The summed E-state index contributed by atoms with van der Waals surface area (Å²) in [4.78, 5) is 13.9. The summed E-state index contributed by atoms with van der Waals surface area (Å²) in [6.45, 7) is 2.71. The van der Waals surface area contributed by atoms with Crippen LogP contribution in [0.5, 0.6) is 0 Å². The van der Waals surface area contributed by atoms with Crippen LogP contribution in [0, 0.1) is 0 Å². The third-order valence-electron chi connectivity index (χ3n) is 3.34. The minimum Gasteiger partial charge on any atom is -0.342 e. The van der Waals surface area contributed by atoms with Crippen LogP contribution < -0.4 is 5.73 Å². The number of rotatable bonds is 5. The third-order valence-corrected chi connectivity index (χ3v) is 4.51. The second-order valence-corrected chi connectivity index (χ2v) is 6.08. The Labute approximate surface area is 103 Å². The maximum Gasteiger partial charge on any atom is 0.232 e. The molecule has 16 heavy (non-hydrogen) atoms. The molecule has 1 atom stereocenters. The van der Waals surface area contributed by atoms with Crippen LogP contribution >= 0.6 is 11.8 Å². The van der Waals surface area contributed by atoms with Gasteiger partial charge in [-0.15, -0.1) is 11.8 Å². The van der Waals surface area contributed by atoms with E-state index in [0.29, 0.717) is 23.6 Å². The molecule has 0 aromatic rings. The van der Waals surface area contributed by atoms with Crippen molar-refractivity contribution in [2.75, 3.05) is 19.3 Å². The molecule has 0 radical (unpaired) electrons. The van der Waals surface area contributed by atoms with Crippen LogP contribution in [-0.2, 0) is 4.79 Å². The van der Waals surface area contributed by atoms with Crippen molar-refractivity contribution in [3.8, 4) is 0 Å². The van der Waals surface area contributed by atoms with Crippen LogP contribution in [0.2, 0.25) is 0 Å². The quantitative estimate of drug-likeness (QED) is 0.803. The maximum absolute atomic E-state index is 11.9. The summed E-state index contributed by atoms with van der Waals surface area (Å²) < 4.78 is 0. The van der Waals surface area contributed by atoms with E-state index in [1.54, 1.807) is 11.8 Å². The molecule has 1 unspecified atom stereocenters. The van der Waals surface area contributed by atoms with Gasteiger partial charge in [0.05, 0.1) is 5.75 Å². The van der Waals surface area contributed by atoms with E-state index in [-0.39, 0.29) is 5.91 Å². The Morgan fingerprint density at radius 2 is 2.06 bits per heavy atom. The lowest BCUT2D eigenvalue weighted by Crippen LogP contribution is -2.39. The molecule has 1 saturated carbocycles. The zero-order chi connectivity index (χ0) is 12.0. The topological polar surface area (TPSA) is 46.3 Å². The van der Waals surface area contributed by atoms with Crippen molar-refractivity contribution in [3.05, 3.63) is 0 Å². The molecular formula is C12H24N2OS. The van der Waals surface area contributed by atoms with E-state index in [1.165, 1.54) is 32.1 Å². The second-order valence-electron chi connectivity index (χ2n) is 4.65. The number of hydrogen-bond donors (Lipinski definition) is 1. The molecule has 0 aromatic heterocycles. The Morgan fingerprint density at radius 1 is 1.44 bits per heavy atom. The molecule has 0 aromatic carbocycles. The molecule has 1 aliphatic rings. The first-order chi connectivity index (χ1) is 7.65. The molecule has 2 N–H and O–H groups in total. The molecule has 3 nitrogen and oxygen atoms in total. The summed E-state index contributed by atoms with van der Waals surface area (Å²) in [5.41, 5.74) is 5.53. The average molecular weight is 244 g/mol. The predicted molar refractivity (Wildman–Crippen MR) is 70.6 cm³/mol. The fourth-order valence-corrected chi connectivity index (χ4v) is 2.82. The third kappa shape index (κ3) is 4.34. The smallest absolute Gasteiger partial charge is 0.232 e. The van der Waals surface area contributed by atoms with Gasteiger partial charge in [0.25, 0.3) is 0 Å². The highest BCUT2D eigenvalue weighted by Crippen LogP contribution is 2.22. The van der Waals surface area contributed by atoms with Gasteiger partial charge in [0.1, 0.15) is 0 Å². The van der Waals surface area contributed by atoms with Crippen molar-refractivity contribution in [1.82, 2.24) is 4.90 Å². The summed E-state index contributed by atoms with van der Waals surface area (Å²) in [6.07, 6.45) is 6.24. The highest BCUT2D eigenvalue weighted by atomic mass is 32.2. The SMILES string of the molecule is CC(CN)SCC(=O)N(C)C1CCCCC1. The highest BCUT2D eigenvalue weighted by molar-refractivity contribution is 8.00. The standard InChI is InChI=1S/C12H24N2OS/c1-10(8-13)16-9-12(15)14(2)11-6-4-3-5-7-11/h10-11H,3-9,13H2,1-2H3. The minimum atomic E-state index is 0.261. The number of amides is 1. The molecule has 0 aliphatic heterocycles. The number of carbonyl (C=O) groups is 1. The van der Waals surface area contributed by atoms with Crippen molar-refractivity contribution < 1.29 is 4.79 Å². The van der Waals surface area contributed by atoms with E-state index < -0.39 is 0 Å². The number of nitrogens with zero attached hydrogens (tertiary/aromatic N) is 1. The number of nitrogens with two attached hydrogens (primary N) is 1. The Bertz CT molecular complexity index is 217. The molecule has 1 aliphatic carbocycles. The van der Waals surface area contributed by atoms with Gasteiger partial charge in [-0.25, -0.2) is 0 Å². The molecular weight excluding hydrogens is 220 g/mol. The molecule has 0 saturated heterocycles. The van der Waals surface area contributed by atoms with E-state index in [4.69, 9.17) is 5.73 Å². The van der Waals surface area contributed by atoms with E-state index in [1.807, 2.05) is 11.9 Å². The molecule has 0 spiro atoms. The van der Waals surface area contributed by atoms with Crippen molar-refractivity contribution in [2.45, 2.75) is 50.3 Å². The highest BCUT2D eigenvalue weighted by Gasteiger charge is 2.21. The van der Waals surface area contributed by atoms with Crippen LogP contribution in [-0.4, -0.2) is 41.4 Å². The van der Waals surface area contributed by atoms with E-state index in [9.17, 15) is 4.79 Å². The summed E-state index contributed by atoms with van der Waals surface area (Å²) in [5.74, 6) is 0.836. The van der Waals surface area contributed by atoms with Crippen LogP contribution in [0.3, 0.4) is 0 Å². The maximum atomic E-state index is 11.9. The molecule has 4 heteroatoms. The Hall–Kier alpha value is -0.220. The van der Waals surface area contributed by atoms with Crippen LogP contribution in [0.25, 0.3) is 0 Å². The normalized spacial score (nSPS) is 19.4. The average Bonchev–Trinajstić information content (AvgIpc) is 2.35. The van der Waals surface area contributed by atoms with E-state index in [2.05, 4.69) is 6.92 Å². The van der Waals surface area contributed by atoms with E-state index >= 15 is 0 Å². The van der Waals surface area contributed by atoms with Crippen LogP contribution in [0.1, 0.15) is 39.0 Å². The zero-order valence-electron chi connectivity index (χ0n) is 10.4. The Balaban J connectivity index is 2.29. The predicted octanol–water partition coefficient (Wildman–Crippen LogP) is 1.86. The lowest BCUT2D eigenvalue weighted by molar-refractivity contribution is -0.129. The second kappa shape index (κ2) is 7.17. The Kier molecular flexibility index (Phi) is 6.21. The summed E-state index contributed by atoms with van der Waals surface area (Å²) >= 11 is 1.66. The number of hydrogen-bond acceptors (Lipinski definition) is 3. The van der Waals surface area contributed by atoms with Gasteiger partial charge >= 0.3 is 0 Å². The number of carbonyl (C=O) groups excluding carboxylic acids is 1. The van der Waals surface area contributed by atoms with Gasteiger partial charge in [0.15, 0.2) is 0 Å². The molecule has 1 fully saturated rings. The Morgan fingerprint density at radius 3 is 2.62 bits per heavy atom. The van der Waals surface area contributed by atoms with Crippen LogP contribution in [0.15, 0.2) is 0 Å².